The topological polar surface area (TPSA) is 72.3 Å². The first-order valence-corrected chi connectivity index (χ1v) is 12.7. The summed E-state index contributed by atoms with van der Waals surface area (Å²) in [6.45, 7) is 0.251. The Bertz CT molecular complexity index is 1410. The molecule has 2 heterocycles. The molecule has 5 rings (SSSR count). The van der Waals surface area contributed by atoms with E-state index in [1.165, 1.54) is 28.8 Å². The van der Waals surface area contributed by atoms with E-state index in [0.29, 0.717) is 28.1 Å². The Labute approximate surface area is 211 Å². The highest BCUT2D eigenvalue weighted by Crippen LogP contribution is 2.43. The van der Waals surface area contributed by atoms with E-state index < -0.39 is 11.8 Å². The van der Waals surface area contributed by atoms with Gasteiger partial charge < -0.3 is 9.84 Å². The fourth-order valence-corrected chi connectivity index (χ4v) is 5.81. The number of ether oxygens (including phenoxy) is 1. The van der Waals surface area contributed by atoms with Crippen LogP contribution in [0.25, 0.3) is 10.9 Å². The number of carboxylic acids is 1. The molecule has 1 unspecified atom stereocenters. The van der Waals surface area contributed by atoms with E-state index in [0.717, 1.165) is 18.4 Å². The lowest BCUT2D eigenvalue weighted by Crippen LogP contribution is -2.05. The molecule has 0 fully saturated rings. The molecule has 2 aromatic heterocycles. The molecule has 1 aliphatic rings. The number of halogens is 2. The molecule has 0 radical (unpaired) electrons. The van der Waals surface area contributed by atoms with Gasteiger partial charge in [-0.25, -0.2) is 9.37 Å². The van der Waals surface area contributed by atoms with Crippen molar-refractivity contribution in [3.05, 3.63) is 99.7 Å². The monoisotopic (exact) mass is 508 g/mol. The number of carboxylic acid groups (broad SMARTS) is 1. The number of thioether (sulfide) groups is 1. The third kappa shape index (κ3) is 5.26. The second-order valence-electron chi connectivity index (χ2n) is 8.38. The number of pyridine rings is 2. The van der Waals surface area contributed by atoms with Crippen molar-refractivity contribution < 1.29 is 19.0 Å². The number of hydrogen-bond donors (Lipinski definition) is 1. The van der Waals surface area contributed by atoms with Crippen LogP contribution in [0.2, 0.25) is 5.02 Å². The number of nitrogens with zero attached hydrogens (tertiary/aromatic N) is 2. The lowest BCUT2D eigenvalue weighted by molar-refractivity contribution is -0.136. The SMILES string of the molecule is O=C(O)CCSC1c2ccncc2CCc2ccc(OCc3ccc4cc(F)c(Cl)cc4n3)cc21. The Morgan fingerprint density at radius 1 is 1.11 bits per heavy atom. The number of hydrogen-bond acceptors (Lipinski definition) is 5. The zero-order chi connectivity index (χ0) is 24.4. The fraction of sp³-hybridized carbons (Fsp3) is 0.222. The summed E-state index contributed by atoms with van der Waals surface area (Å²) in [5, 5.41) is 9.85. The van der Waals surface area contributed by atoms with Gasteiger partial charge in [0.1, 0.15) is 18.2 Å². The summed E-state index contributed by atoms with van der Waals surface area (Å²) < 4.78 is 19.8. The van der Waals surface area contributed by atoms with Crippen LogP contribution >= 0.6 is 23.4 Å². The highest BCUT2D eigenvalue weighted by Gasteiger charge is 2.25. The van der Waals surface area contributed by atoms with Gasteiger partial charge in [-0.3, -0.25) is 9.78 Å². The molecule has 1 N–H and O–H groups in total. The van der Waals surface area contributed by atoms with Crippen molar-refractivity contribution in [2.75, 3.05) is 5.75 Å². The third-order valence-corrected chi connectivity index (χ3v) is 7.63. The molecule has 0 bridgehead atoms. The van der Waals surface area contributed by atoms with E-state index in [9.17, 15) is 9.18 Å². The van der Waals surface area contributed by atoms with Gasteiger partial charge in [0, 0.05) is 23.5 Å². The van der Waals surface area contributed by atoms with Crippen LogP contribution in [0.1, 0.15) is 39.6 Å². The first kappa shape index (κ1) is 23.6. The first-order chi connectivity index (χ1) is 17.0. The molecule has 35 heavy (non-hydrogen) atoms. The van der Waals surface area contributed by atoms with E-state index in [1.54, 1.807) is 24.0 Å². The quantitative estimate of drug-likeness (QED) is 0.311. The number of benzene rings is 2. The van der Waals surface area contributed by atoms with Crippen LogP contribution in [-0.2, 0) is 24.2 Å². The highest BCUT2D eigenvalue weighted by molar-refractivity contribution is 7.99. The molecule has 0 spiro atoms. The maximum Gasteiger partial charge on any atom is 0.304 e. The minimum atomic E-state index is -0.801. The second-order valence-corrected chi connectivity index (χ2v) is 10.0. The molecule has 0 saturated carbocycles. The van der Waals surface area contributed by atoms with E-state index in [2.05, 4.69) is 22.1 Å². The molecular formula is C27H22ClFN2O3S. The number of carbonyl (C=O) groups is 1. The van der Waals surface area contributed by atoms with Crippen molar-refractivity contribution in [2.24, 2.45) is 0 Å². The van der Waals surface area contributed by atoms with Gasteiger partial charge in [-0.05, 0) is 71.5 Å². The minimum absolute atomic E-state index is 0.00392. The van der Waals surface area contributed by atoms with E-state index >= 15 is 0 Å². The Balaban J connectivity index is 1.40. The van der Waals surface area contributed by atoms with E-state index in [4.69, 9.17) is 21.4 Å². The van der Waals surface area contributed by atoms with Gasteiger partial charge in [0.25, 0.3) is 0 Å². The maximum atomic E-state index is 13.7. The zero-order valence-electron chi connectivity index (χ0n) is 18.7. The van der Waals surface area contributed by atoms with Crippen LogP contribution in [0.5, 0.6) is 5.75 Å². The normalized spacial score (nSPS) is 14.7. The Morgan fingerprint density at radius 2 is 1.97 bits per heavy atom. The highest BCUT2D eigenvalue weighted by atomic mass is 35.5. The standard InChI is InChI=1S/C27H22ClFN2O3S/c28-23-13-25-17(11-24(23)29)3-5-19(31-25)15-34-20-6-4-16-1-2-18-14-30-9-7-21(18)27(22(16)12-20)35-10-8-26(32)33/h3-7,9,11-14,27H,1-2,8,10,15H2,(H,32,33). The summed E-state index contributed by atoms with van der Waals surface area (Å²) >= 11 is 7.54. The average Bonchev–Trinajstić information content (AvgIpc) is 3.00. The average molecular weight is 509 g/mol. The smallest absolute Gasteiger partial charge is 0.304 e. The number of aromatic nitrogens is 2. The summed E-state index contributed by atoms with van der Waals surface area (Å²) in [6, 6.07) is 14.6. The molecular weight excluding hydrogens is 487 g/mol. The lowest BCUT2D eigenvalue weighted by atomic mass is 10.0. The summed E-state index contributed by atoms with van der Waals surface area (Å²) in [5.74, 6) is -0.0475. The molecule has 2 aromatic carbocycles. The summed E-state index contributed by atoms with van der Waals surface area (Å²) in [4.78, 5) is 20.0. The van der Waals surface area contributed by atoms with E-state index in [1.807, 2.05) is 24.4 Å². The van der Waals surface area contributed by atoms with Crippen molar-refractivity contribution >= 4 is 40.2 Å². The van der Waals surface area contributed by atoms with Crippen molar-refractivity contribution in [1.29, 1.82) is 0 Å². The van der Waals surface area contributed by atoms with E-state index in [-0.39, 0.29) is 23.3 Å². The fourth-order valence-electron chi connectivity index (χ4n) is 4.32. The van der Waals surface area contributed by atoms with Gasteiger partial charge in [0.15, 0.2) is 0 Å². The van der Waals surface area contributed by atoms with Gasteiger partial charge >= 0.3 is 5.97 Å². The molecule has 4 aromatic rings. The third-order valence-electron chi connectivity index (χ3n) is 6.06. The summed E-state index contributed by atoms with van der Waals surface area (Å²) in [7, 11) is 0. The predicted octanol–water partition coefficient (Wildman–Crippen LogP) is 6.40. The molecule has 5 nitrogen and oxygen atoms in total. The maximum absolute atomic E-state index is 13.7. The number of aryl methyl sites for hydroxylation is 2. The Kier molecular flexibility index (Phi) is 6.88. The van der Waals surface area contributed by atoms with Crippen LogP contribution in [-0.4, -0.2) is 26.8 Å². The molecule has 0 amide bonds. The van der Waals surface area contributed by atoms with Gasteiger partial charge in [-0.2, -0.15) is 0 Å². The van der Waals surface area contributed by atoms with Crippen LogP contribution in [0, 0.1) is 5.82 Å². The number of aliphatic carboxylic acids is 1. The minimum Gasteiger partial charge on any atom is -0.487 e. The van der Waals surface area contributed by atoms with Crippen molar-refractivity contribution in [1.82, 2.24) is 9.97 Å². The van der Waals surface area contributed by atoms with Crippen LogP contribution in [0.3, 0.4) is 0 Å². The van der Waals surface area contributed by atoms with Crippen molar-refractivity contribution in [3.63, 3.8) is 0 Å². The van der Waals surface area contributed by atoms with Crippen LogP contribution in [0.15, 0.2) is 60.9 Å². The van der Waals surface area contributed by atoms with Crippen LogP contribution < -0.4 is 4.74 Å². The molecule has 8 heteroatoms. The van der Waals surface area contributed by atoms with Crippen molar-refractivity contribution in [3.8, 4) is 5.75 Å². The Morgan fingerprint density at radius 3 is 2.83 bits per heavy atom. The second kappa shape index (κ2) is 10.2. The largest absolute Gasteiger partial charge is 0.487 e. The van der Waals surface area contributed by atoms with Gasteiger partial charge in [-0.15, -0.1) is 11.8 Å². The number of fused-ring (bicyclic) bond motifs is 3. The molecule has 178 valence electrons. The van der Waals surface area contributed by atoms with Crippen molar-refractivity contribution in [2.45, 2.75) is 31.1 Å². The molecule has 0 aliphatic heterocycles. The molecule has 1 atom stereocenters. The molecule has 0 saturated heterocycles. The first-order valence-electron chi connectivity index (χ1n) is 11.2. The number of rotatable bonds is 7. The zero-order valence-corrected chi connectivity index (χ0v) is 20.3. The van der Waals surface area contributed by atoms with Gasteiger partial charge in [0.05, 0.1) is 27.9 Å². The predicted molar refractivity (Wildman–Crippen MR) is 136 cm³/mol. The molecule has 1 aliphatic carbocycles. The summed E-state index contributed by atoms with van der Waals surface area (Å²) in [6.07, 6.45) is 5.57. The Hall–Kier alpha value is -3.16. The lowest BCUT2D eigenvalue weighted by Gasteiger charge is -2.20. The van der Waals surface area contributed by atoms with Gasteiger partial charge in [-0.1, -0.05) is 23.7 Å². The summed E-state index contributed by atoms with van der Waals surface area (Å²) in [5.41, 5.74) is 6.04. The van der Waals surface area contributed by atoms with Crippen LogP contribution in [0.4, 0.5) is 4.39 Å². The van der Waals surface area contributed by atoms with Gasteiger partial charge in [0.2, 0.25) is 0 Å².